The fraction of sp³-hybridized carbons (Fsp3) is 0.400. The largest absolute Gasteiger partial charge is 0.356 e. The third kappa shape index (κ3) is 3.08. The number of unbranched alkanes of at least 4 members (excludes halogenated alkanes) is 2. The van der Waals surface area contributed by atoms with Crippen LogP contribution in [0, 0.1) is 12.3 Å². The van der Waals surface area contributed by atoms with Crippen LogP contribution in [0.4, 0.5) is 0 Å². The van der Waals surface area contributed by atoms with Gasteiger partial charge in [0.2, 0.25) is 5.91 Å². The predicted octanol–water partition coefficient (Wildman–Crippen LogP) is 2.80. The zero-order valence-corrected chi connectivity index (χ0v) is 11.1. The van der Waals surface area contributed by atoms with E-state index in [0.717, 1.165) is 31.6 Å². The monoisotopic (exact) mass is 259 g/mol. The molecule has 0 saturated heterocycles. The summed E-state index contributed by atoms with van der Waals surface area (Å²) in [7, 11) is 0. The Labute approximate surface area is 113 Å². The quantitative estimate of drug-likeness (QED) is 0.651. The number of fused-ring (bicyclic) bond motifs is 1. The molecule has 1 aliphatic heterocycles. The Morgan fingerprint density at radius 2 is 2.28 bits per heavy atom. The van der Waals surface area contributed by atoms with E-state index in [-0.39, 0.29) is 11.8 Å². The summed E-state index contributed by atoms with van der Waals surface area (Å²) in [5.41, 5.74) is 1.17. The minimum absolute atomic E-state index is 0.0128. The molecule has 0 radical (unpaired) electrons. The lowest BCUT2D eigenvalue weighted by molar-refractivity contribution is -0.122. The molecule has 0 fully saturated rings. The molecule has 18 heavy (non-hydrogen) atoms. The van der Waals surface area contributed by atoms with Crippen molar-refractivity contribution in [3.63, 3.8) is 0 Å². The molecule has 1 N–H and O–H groups in total. The van der Waals surface area contributed by atoms with Gasteiger partial charge in [0.1, 0.15) is 0 Å². The van der Waals surface area contributed by atoms with Gasteiger partial charge < -0.3 is 5.32 Å². The lowest BCUT2D eigenvalue weighted by atomic mass is 10.0. The molecule has 1 unspecified atom stereocenters. The van der Waals surface area contributed by atoms with Crippen molar-refractivity contribution in [2.24, 2.45) is 0 Å². The molecule has 0 aliphatic carbocycles. The number of nitrogens with one attached hydrogen (secondary N) is 1. The number of hydrogen-bond donors (Lipinski definition) is 1. The fourth-order valence-electron chi connectivity index (χ4n) is 2.07. The summed E-state index contributed by atoms with van der Waals surface area (Å²) in [6.07, 6.45) is 7.91. The minimum Gasteiger partial charge on any atom is -0.356 e. The summed E-state index contributed by atoms with van der Waals surface area (Å²) in [5.74, 6) is 3.62. The van der Waals surface area contributed by atoms with Gasteiger partial charge in [-0.15, -0.1) is 24.1 Å². The van der Waals surface area contributed by atoms with E-state index in [1.807, 2.05) is 12.1 Å². The maximum Gasteiger partial charge on any atom is 0.228 e. The Morgan fingerprint density at radius 1 is 1.44 bits per heavy atom. The zero-order valence-electron chi connectivity index (χ0n) is 10.3. The predicted molar refractivity (Wildman–Crippen MR) is 75.6 cm³/mol. The van der Waals surface area contributed by atoms with Crippen LogP contribution in [-0.2, 0) is 4.79 Å². The van der Waals surface area contributed by atoms with Gasteiger partial charge in [-0.1, -0.05) is 18.2 Å². The Bertz CT molecular complexity index is 464. The second kappa shape index (κ2) is 6.51. The third-order valence-corrected chi connectivity index (χ3v) is 4.25. The highest BCUT2D eigenvalue weighted by Crippen LogP contribution is 2.39. The molecular weight excluding hydrogens is 242 g/mol. The molecule has 1 aromatic rings. The Kier molecular flexibility index (Phi) is 4.72. The van der Waals surface area contributed by atoms with E-state index in [1.165, 1.54) is 10.5 Å². The first kappa shape index (κ1) is 13.0. The molecule has 0 bridgehead atoms. The van der Waals surface area contributed by atoms with Crippen LogP contribution in [0.1, 0.15) is 30.7 Å². The van der Waals surface area contributed by atoms with E-state index in [0.29, 0.717) is 0 Å². The molecule has 0 spiro atoms. The maximum absolute atomic E-state index is 12.1. The SMILES string of the molecule is C#CCCCCNC(=O)C1CSc2ccccc21. The van der Waals surface area contributed by atoms with Crippen molar-refractivity contribution in [2.75, 3.05) is 12.3 Å². The van der Waals surface area contributed by atoms with E-state index in [1.54, 1.807) is 11.8 Å². The number of amides is 1. The first-order valence-electron chi connectivity index (χ1n) is 6.26. The molecule has 1 aliphatic rings. The molecule has 2 rings (SSSR count). The van der Waals surface area contributed by atoms with Crippen molar-refractivity contribution in [2.45, 2.75) is 30.1 Å². The number of hydrogen-bond acceptors (Lipinski definition) is 2. The van der Waals surface area contributed by atoms with Crippen molar-refractivity contribution in [1.82, 2.24) is 5.32 Å². The van der Waals surface area contributed by atoms with Crippen molar-refractivity contribution < 1.29 is 4.79 Å². The van der Waals surface area contributed by atoms with E-state index >= 15 is 0 Å². The average molecular weight is 259 g/mol. The topological polar surface area (TPSA) is 29.1 Å². The third-order valence-electron chi connectivity index (χ3n) is 3.06. The van der Waals surface area contributed by atoms with Gasteiger partial charge in [-0.05, 0) is 24.5 Å². The minimum atomic E-state index is 0.0128. The maximum atomic E-state index is 12.1. The summed E-state index contributed by atoms with van der Waals surface area (Å²) < 4.78 is 0. The smallest absolute Gasteiger partial charge is 0.228 e. The van der Waals surface area contributed by atoms with Gasteiger partial charge in [-0.2, -0.15) is 0 Å². The number of terminal acetylenes is 1. The lowest BCUT2D eigenvalue weighted by Crippen LogP contribution is -2.30. The second-order valence-electron chi connectivity index (χ2n) is 4.35. The normalized spacial score (nSPS) is 16.9. The molecule has 3 heteroatoms. The average Bonchev–Trinajstić information content (AvgIpc) is 2.82. The number of carbonyl (C=O) groups is 1. The molecule has 0 saturated carbocycles. The summed E-state index contributed by atoms with van der Waals surface area (Å²) in [4.78, 5) is 13.3. The van der Waals surface area contributed by atoms with E-state index in [4.69, 9.17) is 6.42 Å². The number of benzene rings is 1. The first-order valence-corrected chi connectivity index (χ1v) is 7.24. The highest BCUT2D eigenvalue weighted by molar-refractivity contribution is 7.99. The molecule has 94 valence electrons. The molecule has 0 aromatic heterocycles. The van der Waals surface area contributed by atoms with E-state index in [2.05, 4.69) is 23.4 Å². The van der Waals surface area contributed by atoms with Crippen LogP contribution in [0.5, 0.6) is 0 Å². The molecule has 1 heterocycles. The van der Waals surface area contributed by atoms with Crippen molar-refractivity contribution in [1.29, 1.82) is 0 Å². The Hall–Kier alpha value is -1.40. The van der Waals surface area contributed by atoms with Gasteiger partial charge in [-0.25, -0.2) is 0 Å². The van der Waals surface area contributed by atoms with Crippen LogP contribution in [0.3, 0.4) is 0 Å². The molecule has 1 aromatic carbocycles. The Balaban J connectivity index is 1.83. The summed E-state index contributed by atoms with van der Waals surface area (Å²) >= 11 is 1.76. The zero-order chi connectivity index (χ0) is 12.8. The fourth-order valence-corrected chi connectivity index (χ4v) is 3.30. The molecular formula is C15H17NOS. The van der Waals surface area contributed by atoms with Gasteiger partial charge in [0.15, 0.2) is 0 Å². The number of carbonyl (C=O) groups excluding carboxylic acids is 1. The Morgan fingerprint density at radius 3 is 3.11 bits per heavy atom. The van der Waals surface area contributed by atoms with Gasteiger partial charge in [-0.3, -0.25) is 4.79 Å². The summed E-state index contributed by atoms with van der Waals surface area (Å²) in [6.45, 7) is 0.726. The molecule has 1 amide bonds. The number of thioether (sulfide) groups is 1. The number of rotatable bonds is 5. The highest BCUT2D eigenvalue weighted by Gasteiger charge is 2.28. The van der Waals surface area contributed by atoms with Crippen molar-refractivity contribution in [3.8, 4) is 12.3 Å². The molecule has 2 nitrogen and oxygen atoms in total. The van der Waals surface area contributed by atoms with Crippen LogP contribution < -0.4 is 5.32 Å². The van der Waals surface area contributed by atoms with Gasteiger partial charge >= 0.3 is 0 Å². The first-order chi connectivity index (χ1) is 8.83. The summed E-state index contributed by atoms with van der Waals surface area (Å²) in [5, 5.41) is 3.00. The van der Waals surface area contributed by atoms with E-state index in [9.17, 15) is 4.79 Å². The van der Waals surface area contributed by atoms with Crippen LogP contribution in [0.25, 0.3) is 0 Å². The van der Waals surface area contributed by atoms with Crippen LogP contribution >= 0.6 is 11.8 Å². The second-order valence-corrected chi connectivity index (χ2v) is 5.42. The lowest BCUT2D eigenvalue weighted by Gasteiger charge is -2.11. The molecule has 1 atom stereocenters. The van der Waals surface area contributed by atoms with Gasteiger partial charge in [0, 0.05) is 23.6 Å². The van der Waals surface area contributed by atoms with Crippen LogP contribution in [-0.4, -0.2) is 18.2 Å². The van der Waals surface area contributed by atoms with Crippen LogP contribution in [0.2, 0.25) is 0 Å². The van der Waals surface area contributed by atoms with Crippen molar-refractivity contribution >= 4 is 17.7 Å². The highest BCUT2D eigenvalue weighted by atomic mass is 32.2. The van der Waals surface area contributed by atoms with E-state index < -0.39 is 0 Å². The van der Waals surface area contributed by atoms with Crippen molar-refractivity contribution in [3.05, 3.63) is 29.8 Å². The van der Waals surface area contributed by atoms with Crippen LogP contribution in [0.15, 0.2) is 29.2 Å². The van der Waals surface area contributed by atoms with Gasteiger partial charge in [0.05, 0.1) is 5.92 Å². The standard InChI is InChI=1S/C15H17NOS/c1-2-3-4-7-10-16-15(17)13-11-18-14-9-6-5-8-12(13)14/h1,5-6,8-9,13H,3-4,7,10-11H2,(H,16,17). The summed E-state index contributed by atoms with van der Waals surface area (Å²) in [6, 6.07) is 8.15. The van der Waals surface area contributed by atoms with Gasteiger partial charge in [0.25, 0.3) is 0 Å².